The second-order valence-electron chi connectivity index (χ2n) is 7.28. The monoisotopic (exact) mass is 418 g/mol. The van der Waals surface area contributed by atoms with Gasteiger partial charge in [0.25, 0.3) is 5.91 Å². The molecule has 4 rings (SSSR count). The Labute approximate surface area is 177 Å². The smallest absolute Gasteiger partial charge is 0.254 e. The van der Waals surface area contributed by atoms with Crippen LogP contribution in [0.2, 0.25) is 0 Å². The molecule has 5 nitrogen and oxygen atoms in total. The fraction of sp³-hybridized carbons (Fsp3) is 0.286. The van der Waals surface area contributed by atoms with Crippen LogP contribution in [0.4, 0.5) is 0 Å². The lowest BCUT2D eigenvalue weighted by molar-refractivity contribution is 0.0779. The molecule has 0 radical (unpaired) electrons. The summed E-state index contributed by atoms with van der Waals surface area (Å²) >= 11 is 0. The molecule has 1 aliphatic heterocycles. The van der Waals surface area contributed by atoms with Gasteiger partial charge in [-0.2, -0.15) is 0 Å². The Balaban J connectivity index is 0.00000140. The number of likely N-dealkylation sites (tertiary alicyclic amines) is 1. The zero-order valence-electron chi connectivity index (χ0n) is 15.7. The maximum absolute atomic E-state index is 13.3. The molecule has 28 heavy (non-hydrogen) atoms. The van der Waals surface area contributed by atoms with Crippen molar-refractivity contribution in [3.8, 4) is 11.4 Å². The van der Waals surface area contributed by atoms with Gasteiger partial charge < -0.3 is 10.6 Å². The molecule has 3 heterocycles. The van der Waals surface area contributed by atoms with Crippen LogP contribution in [0.15, 0.2) is 54.7 Å². The Hall–Kier alpha value is -2.21. The van der Waals surface area contributed by atoms with E-state index in [1.54, 1.807) is 6.20 Å². The van der Waals surface area contributed by atoms with E-state index >= 15 is 0 Å². The highest BCUT2D eigenvalue weighted by atomic mass is 35.5. The third-order valence-electron chi connectivity index (χ3n) is 5.21. The van der Waals surface area contributed by atoms with Crippen molar-refractivity contribution in [2.45, 2.75) is 13.3 Å². The quantitative estimate of drug-likeness (QED) is 0.698. The van der Waals surface area contributed by atoms with Crippen molar-refractivity contribution in [2.75, 3.05) is 19.6 Å². The number of carbonyl (C=O) groups excluding carboxylic acids is 1. The van der Waals surface area contributed by atoms with Crippen molar-refractivity contribution in [3.63, 3.8) is 0 Å². The second kappa shape index (κ2) is 8.86. The molecule has 0 saturated carbocycles. The third-order valence-corrected chi connectivity index (χ3v) is 5.21. The minimum Gasteiger partial charge on any atom is -0.338 e. The molecule has 0 aliphatic carbocycles. The van der Waals surface area contributed by atoms with Crippen molar-refractivity contribution < 1.29 is 4.79 Å². The summed E-state index contributed by atoms with van der Waals surface area (Å²) in [4.78, 5) is 24.3. The molecule has 0 spiro atoms. The van der Waals surface area contributed by atoms with E-state index in [4.69, 9.17) is 10.7 Å². The number of rotatable bonds is 3. The van der Waals surface area contributed by atoms with Crippen molar-refractivity contribution in [2.24, 2.45) is 11.1 Å². The Kier molecular flexibility index (Phi) is 6.99. The number of fused-ring (bicyclic) bond motifs is 1. The molecule has 1 saturated heterocycles. The van der Waals surface area contributed by atoms with Crippen LogP contribution in [0.3, 0.4) is 0 Å². The standard InChI is InChI=1S/C21H22N4O.2ClH/c1-21(13-22)9-11-25(14-21)20(26)16-12-19(18-8-4-5-10-23-18)24-17-7-3-2-6-15(16)17;;/h2-8,10,12H,9,11,13-14,22H2,1H3;2*1H. The van der Waals surface area contributed by atoms with Gasteiger partial charge in [-0.05, 0) is 42.6 Å². The summed E-state index contributed by atoms with van der Waals surface area (Å²) in [5.41, 5.74) is 8.87. The zero-order valence-corrected chi connectivity index (χ0v) is 17.3. The number of para-hydroxylation sites is 1. The third kappa shape index (κ3) is 4.12. The number of hydrogen-bond acceptors (Lipinski definition) is 4. The van der Waals surface area contributed by atoms with Gasteiger partial charge in [0.2, 0.25) is 0 Å². The van der Waals surface area contributed by atoms with Gasteiger partial charge in [0.1, 0.15) is 0 Å². The summed E-state index contributed by atoms with van der Waals surface area (Å²) in [7, 11) is 0. The molecule has 3 aromatic rings. The minimum absolute atomic E-state index is 0. The lowest BCUT2D eigenvalue weighted by Gasteiger charge is -2.23. The van der Waals surface area contributed by atoms with E-state index in [-0.39, 0.29) is 36.1 Å². The first-order valence-corrected chi connectivity index (χ1v) is 8.90. The lowest BCUT2D eigenvalue weighted by atomic mass is 9.90. The minimum atomic E-state index is 0. The molecule has 1 fully saturated rings. The molecular weight excluding hydrogens is 395 g/mol. The van der Waals surface area contributed by atoms with Gasteiger partial charge >= 0.3 is 0 Å². The first-order chi connectivity index (χ1) is 12.6. The fourth-order valence-electron chi connectivity index (χ4n) is 3.53. The van der Waals surface area contributed by atoms with Crippen LogP contribution >= 0.6 is 24.8 Å². The van der Waals surface area contributed by atoms with Crippen LogP contribution < -0.4 is 5.73 Å². The predicted molar refractivity (Wildman–Crippen MR) is 117 cm³/mol. The summed E-state index contributed by atoms with van der Waals surface area (Å²) in [6.45, 7) is 4.16. The molecule has 1 amide bonds. The molecule has 2 N–H and O–H groups in total. The number of nitrogens with zero attached hydrogens (tertiary/aromatic N) is 3. The molecule has 1 atom stereocenters. The Morgan fingerprint density at radius 3 is 2.57 bits per heavy atom. The topological polar surface area (TPSA) is 72.1 Å². The lowest BCUT2D eigenvalue weighted by Crippen LogP contribution is -2.34. The van der Waals surface area contributed by atoms with Crippen LogP contribution in [0, 0.1) is 5.41 Å². The number of nitrogens with two attached hydrogens (primary N) is 1. The number of halogens is 2. The number of amides is 1. The SMILES string of the molecule is CC1(CN)CCN(C(=O)c2cc(-c3ccccn3)nc3ccccc23)C1.Cl.Cl. The van der Waals surface area contributed by atoms with Gasteiger partial charge in [-0.1, -0.05) is 31.2 Å². The van der Waals surface area contributed by atoms with Gasteiger partial charge in [0, 0.05) is 24.7 Å². The highest BCUT2D eigenvalue weighted by Gasteiger charge is 2.35. The van der Waals surface area contributed by atoms with Crippen LogP contribution in [0.25, 0.3) is 22.3 Å². The highest BCUT2D eigenvalue weighted by molar-refractivity contribution is 6.07. The van der Waals surface area contributed by atoms with E-state index < -0.39 is 0 Å². The molecular formula is C21H24Cl2N4O. The normalized spacial score (nSPS) is 18.4. The molecule has 1 unspecified atom stereocenters. The van der Waals surface area contributed by atoms with Gasteiger partial charge in [-0.3, -0.25) is 9.78 Å². The summed E-state index contributed by atoms with van der Waals surface area (Å²) in [5, 5.41) is 0.874. The van der Waals surface area contributed by atoms with Gasteiger partial charge in [-0.25, -0.2) is 4.98 Å². The van der Waals surface area contributed by atoms with E-state index in [1.807, 2.05) is 53.4 Å². The van der Waals surface area contributed by atoms with Crippen LogP contribution in [-0.4, -0.2) is 40.4 Å². The van der Waals surface area contributed by atoms with Gasteiger partial charge in [-0.15, -0.1) is 24.8 Å². The van der Waals surface area contributed by atoms with E-state index in [9.17, 15) is 4.79 Å². The summed E-state index contributed by atoms with van der Waals surface area (Å²) in [5.74, 6) is 0.0398. The van der Waals surface area contributed by atoms with Crippen LogP contribution in [0.1, 0.15) is 23.7 Å². The summed E-state index contributed by atoms with van der Waals surface area (Å²) in [6.07, 6.45) is 2.67. The molecule has 0 bridgehead atoms. The maximum Gasteiger partial charge on any atom is 0.254 e. The van der Waals surface area contributed by atoms with E-state index in [1.165, 1.54) is 0 Å². The average Bonchev–Trinajstić information content (AvgIpc) is 3.10. The number of hydrogen-bond donors (Lipinski definition) is 1. The average molecular weight is 419 g/mol. The first-order valence-electron chi connectivity index (χ1n) is 8.90. The Bertz CT molecular complexity index is 967. The number of benzene rings is 1. The molecule has 1 aliphatic rings. The maximum atomic E-state index is 13.3. The van der Waals surface area contributed by atoms with Crippen LogP contribution in [-0.2, 0) is 0 Å². The Morgan fingerprint density at radius 1 is 1.14 bits per heavy atom. The van der Waals surface area contributed by atoms with Crippen LogP contribution in [0.5, 0.6) is 0 Å². The molecule has 148 valence electrons. The second-order valence-corrected chi connectivity index (χ2v) is 7.28. The van der Waals surface area contributed by atoms with Gasteiger partial charge in [0.15, 0.2) is 0 Å². The number of carbonyl (C=O) groups is 1. The Morgan fingerprint density at radius 2 is 1.89 bits per heavy atom. The molecule has 1 aromatic carbocycles. The summed E-state index contributed by atoms with van der Waals surface area (Å²) < 4.78 is 0. The highest BCUT2D eigenvalue weighted by Crippen LogP contribution is 2.31. The van der Waals surface area contributed by atoms with Crippen molar-refractivity contribution in [1.82, 2.24) is 14.9 Å². The van der Waals surface area contributed by atoms with Crippen molar-refractivity contribution >= 4 is 41.6 Å². The summed E-state index contributed by atoms with van der Waals surface area (Å²) in [6, 6.07) is 15.3. The van der Waals surface area contributed by atoms with Crippen molar-refractivity contribution in [3.05, 3.63) is 60.3 Å². The first kappa shape index (κ1) is 22.1. The largest absolute Gasteiger partial charge is 0.338 e. The molecule has 7 heteroatoms. The van der Waals surface area contributed by atoms with Crippen molar-refractivity contribution in [1.29, 1.82) is 0 Å². The van der Waals surface area contributed by atoms with E-state index in [2.05, 4.69) is 11.9 Å². The predicted octanol–water partition coefficient (Wildman–Crippen LogP) is 3.95. The number of aromatic nitrogens is 2. The van der Waals surface area contributed by atoms with E-state index in [0.29, 0.717) is 24.3 Å². The number of pyridine rings is 2. The molecule has 2 aromatic heterocycles. The van der Waals surface area contributed by atoms with E-state index in [0.717, 1.165) is 29.6 Å². The van der Waals surface area contributed by atoms with Gasteiger partial charge in [0.05, 0.1) is 22.5 Å². The zero-order chi connectivity index (χ0) is 18.1. The fourth-order valence-corrected chi connectivity index (χ4v) is 3.53.